The minimum absolute atomic E-state index is 0.242. The number of aromatic nitrogens is 3. The first-order valence-corrected chi connectivity index (χ1v) is 10.1. The number of nitrogens with one attached hydrogen (secondary N) is 3. The fourth-order valence-corrected chi connectivity index (χ4v) is 3.53. The lowest BCUT2D eigenvalue weighted by Crippen LogP contribution is -2.15. The number of amides is 1. The number of nitrogens with two attached hydrogens (primary N) is 1. The Morgan fingerprint density at radius 2 is 1.81 bits per heavy atom. The molecule has 0 aliphatic rings. The summed E-state index contributed by atoms with van der Waals surface area (Å²) in [6, 6.07) is 17.2. The molecular weight excluding hydrogens is 404 g/mol. The Morgan fingerprint density at radius 3 is 2.44 bits per heavy atom. The number of hydrogen-bond donors (Lipinski definition) is 5. The number of phenols is 1. The second-order valence-corrected chi connectivity index (χ2v) is 7.54. The monoisotopic (exact) mass is 428 g/mol. The Bertz CT molecular complexity index is 1230. The number of anilines is 3. The highest BCUT2D eigenvalue weighted by Gasteiger charge is 2.19. The molecule has 0 saturated heterocycles. The summed E-state index contributed by atoms with van der Waals surface area (Å²) in [5.74, 6) is 0.442. The van der Waals surface area contributed by atoms with Crippen molar-refractivity contribution in [2.45, 2.75) is 20.4 Å². The summed E-state index contributed by atoms with van der Waals surface area (Å²) >= 11 is 0. The summed E-state index contributed by atoms with van der Waals surface area (Å²) < 4.78 is 0. The van der Waals surface area contributed by atoms with Gasteiger partial charge in [0.1, 0.15) is 17.1 Å². The van der Waals surface area contributed by atoms with E-state index in [-0.39, 0.29) is 11.3 Å². The van der Waals surface area contributed by atoms with Gasteiger partial charge in [0.05, 0.1) is 5.69 Å². The van der Waals surface area contributed by atoms with Gasteiger partial charge >= 0.3 is 0 Å². The molecule has 0 saturated carbocycles. The van der Waals surface area contributed by atoms with Crippen LogP contribution in [0.2, 0.25) is 0 Å². The number of aromatic hydroxyl groups is 1. The van der Waals surface area contributed by atoms with Crippen LogP contribution in [-0.2, 0) is 6.54 Å². The molecular formula is C24H24N6O2. The molecule has 4 rings (SSSR count). The first-order chi connectivity index (χ1) is 15.4. The first-order valence-electron chi connectivity index (χ1n) is 10.1. The third-order valence-corrected chi connectivity index (χ3v) is 5.14. The second-order valence-electron chi connectivity index (χ2n) is 7.54. The van der Waals surface area contributed by atoms with Gasteiger partial charge in [-0.1, -0.05) is 30.3 Å². The van der Waals surface area contributed by atoms with Crippen LogP contribution in [0.3, 0.4) is 0 Å². The quantitative estimate of drug-likeness (QED) is 0.299. The molecule has 0 atom stereocenters. The standard InChI is InChI=1S/C24H24N6O2/c1-14-11-16(12-15(2)21(14)31)13-27-23-20(22(25)32)24(30-29-23)28-18-8-6-17(7-9-18)19-5-3-4-10-26-19/h3-12,31H,13H2,1-2H3,(H2,25,32)(H3,27,28,29,30). The highest BCUT2D eigenvalue weighted by molar-refractivity contribution is 6.03. The molecule has 6 N–H and O–H groups in total. The number of pyridine rings is 1. The molecule has 162 valence electrons. The SMILES string of the molecule is Cc1cc(CNc2[nH]nc(Nc3ccc(-c4ccccn4)cc3)c2C(N)=O)cc(C)c1O. The van der Waals surface area contributed by atoms with Crippen LogP contribution >= 0.6 is 0 Å². The molecule has 0 bridgehead atoms. The number of benzene rings is 2. The first kappa shape index (κ1) is 20.9. The molecule has 4 aromatic rings. The van der Waals surface area contributed by atoms with Crippen LogP contribution in [0.25, 0.3) is 11.3 Å². The number of hydrogen-bond acceptors (Lipinski definition) is 6. The van der Waals surface area contributed by atoms with Gasteiger partial charge in [-0.2, -0.15) is 5.10 Å². The summed E-state index contributed by atoms with van der Waals surface area (Å²) in [4.78, 5) is 16.5. The lowest BCUT2D eigenvalue weighted by atomic mass is 10.1. The van der Waals surface area contributed by atoms with Gasteiger partial charge in [0.2, 0.25) is 0 Å². The lowest BCUT2D eigenvalue weighted by molar-refractivity contribution is 0.100. The van der Waals surface area contributed by atoms with Crippen molar-refractivity contribution in [3.8, 4) is 17.0 Å². The summed E-state index contributed by atoms with van der Waals surface area (Å²) in [6.07, 6.45) is 1.75. The number of carbonyl (C=O) groups excluding carboxylic acids is 1. The molecule has 1 amide bonds. The van der Waals surface area contributed by atoms with Gasteiger partial charge in [0.25, 0.3) is 5.91 Å². The van der Waals surface area contributed by atoms with Crippen LogP contribution in [0.15, 0.2) is 60.8 Å². The number of rotatable bonds is 7. The third-order valence-electron chi connectivity index (χ3n) is 5.14. The zero-order valence-corrected chi connectivity index (χ0v) is 17.8. The molecule has 8 nitrogen and oxygen atoms in total. The number of aromatic amines is 1. The highest BCUT2D eigenvalue weighted by Crippen LogP contribution is 2.27. The van der Waals surface area contributed by atoms with Crippen molar-refractivity contribution in [2.75, 3.05) is 10.6 Å². The van der Waals surface area contributed by atoms with Crippen molar-refractivity contribution in [1.29, 1.82) is 0 Å². The smallest absolute Gasteiger partial charge is 0.256 e. The maximum Gasteiger partial charge on any atom is 0.256 e. The Morgan fingerprint density at radius 1 is 1.09 bits per heavy atom. The van der Waals surface area contributed by atoms with Gasteiger partial charge in [-0.05, 0) is 54.8 Å². The summed E-state index contributed by atoms with van der Waals surface area (Å²) in [7, 11) is 0. The minimum Gasteiger partial charge on any atom is -0.507 e. The molecule has 8 heteroatoms. The zero-order chi connectivity index (χ0) is 22.7. The largest absolute Gasteiger partial charge is 0.507 e. The van der Waals surface area contributed by atoms with Crippen molar-refractivity contribution >= 4 is 23.2 Å². The van der Waals surface area contributed by atoms with Crippen molar-refractivity contribution in [3.05, 3.63) is 83.0 Å². The number of nitrogens with zero attached hydrogens (tertiary/aromatic N) is 2. The summed E-state index contributed by atoms with van der Waals surface area (Å²) in [6.45, 7) is 4.12. The molecule has 0 spiro atoms. The molecule has 0 aliphatic carbocycles. The molecule has 0 unspecified atom stereocenters. The molecule has 0 radical (unpaired) electrons. The highest BCUT2D eigenvalue weighted by atomic mass is 16.3. The van der Waals surface area contributed by atoms with E-state index in [9.17, 15) is 9.90 Å². The predicted octanol–water partition coefficient (Wildman–Crippen LogP) is 4.25. The van der Waals surface area contributed by atoms with E-state index in [2.05, 4.69) is 25.8 Å². The predicted molar refractivity (Wildman–Crippen MR) is 125 cm³/mol. The molecule has 32 heavy (non-hydrogen) atoms. The molecule has 2 aromatic carbocycles. The van der Waals surface area contributed by atoms with Crippen LogP contribution < -0.4 is 16.4 Å². The minimum atomic E-state index is -0.605. The number of aryl methyl sites for hydroxylation is 2. The van der Waals surface area contributed by atoms with E-state index < -0.39 is 5.91 Å². The van der Waals surface area contributed by atoms with E-state index in [1.165, 1.54) is 0 Å². The van der Waals surface area contributed by atoms with Crippen molar-refractivity contribution in [1.82, 2.24) is 15.2 Å². The van der Waals surface area contributed by atoms with Crippen molar-refractivity contribution in [2.24, 2.45) is 5.73 Å². The number of carbonyl (C=O) groups is 1. The van der Waals surface area contributed by atoms with Gasteiger partial charge in [-0.3, -0.25) is 14.9 Å². The molecule has 0 fully saturated rings. The molecule has 2 aromatic heterocycles. The number of H-pyrrole nitrogens is 1. The van der Waals surface area contributed by atoms with E-state index in [1.807, 2.05) is 68.4 Å². The molecule has 0 aliphatic heterocycles. The Hall–Kier alpha value is -4.33. The zero-order valence-electron chi connectivity index (χ0n) is 17.8. The third kappa shape index (κ3) is 4.39. The van der Waals surface area contributed by atoms with Crippen LogP contribution in [-0.4, -0.2) is 26.2 Å². The normalized spacial score (nSPS) is 10.7. The van der Waals surface area contributed by atoms with Gasteiger partial charge < -0.3 is 21.5 Å². The lowest BCUT2D eigenvalue weighted by Gasteiger charge is -2.10. The van der Waals surface area contributed by atoms with E-state index >= 15 is 0 Å². The fraction of sp³-hybridized carbons (Fsp3) is 0.125. The van der Waals surface area contributed by atoms with E-state index in [0.29, 0.717) is 18.2 Å². The topological polar surface area (TPSA) is 129 Å². The van der Waals surface area contributed by atoms with Crippen LogP contribution in [0.1, 0.15) is 27.0 Å². The number of phenolic OH excluding ortho intramolecular Hbond substituents is 1. The fourth-order valence-electron chi connectivity index (χ4n) is 3.53. The average molecular weight is 428 g/mol. The van der Waals surface area contributed by atoms with Gasteiger partial charge in [0.15, 0.2) is 5.82 Å². The Kier molecular flexibility index (Phi) is 5.76. The van der Waals surface area contributed by atoms with Crippen molar-refractivity contribution in [3.63, 3.8) is 0 Å². The maximum atomic E-state index is 12.1. The summed E-state index contributed by atoms with van der Waals surface area (Å²) in [5, 5.41) is 23.3. The van der Waals surface area contributed by atoms with Crippen LogP contribution in [0.4, 0.5) is 17.3 Å². The van der Waals surface area contributed by atoms with E-state index in [1.54, 1.807) is 6.20 Å². The average Bonchev–Trinajstić information content (AvgIpc) is 3.19. The van der Waals surface area contributed by atoms with Gasteiger partial charge in [-0.15, -0.1) is 0 Å². The Balaban J connectivity index is 1.51. The van der Waals surface area contributed by atoms with E-state index in [4.69, 9.17) is 5.73 Å². The molecule has 2 heterocycles. The van der Waals surface area contributed by atoms with Gasteiger partial charge in [0, 0.05) is 24.0 Å². The second kappa shape index (κ2) is 8.81. The maximum absolute atomic E-state index is 12.1. The Labute approximate surface area is 185 Å². The number of primary amides is 1. The van der Waals surface area contributed by atoms with Gasteiger partial charge in [-0.25, -0.2) is 0 Å². The summed E-state index contributed by atoms with van der Waals surface area (Å²) in [5.41, 5.74) is 11.0. The van der Waals surface area contributed by atoms with Crippen molar-refractivity contribution < 1.29 is 9.90 Å². The van der Waals surface area contributed by atoms with E-state index in [0.717, 1.165) is 33.6 Å². The van der Waals surface area contributed by atoms with Crippen LogP contribution in [0, 0.1) is 13.8 Å². The van der Waals surface area contributed by atoms with Crippen LogP contribution in [0.5, 0.6) is 5.75 Å².